The summed E-state index contributed by atoms with van der Waals surface area (Å²) in [6.07, 6.45) is 6.72. The first kappa shape index (κ1) is 10.7. The molecule has 1 heteroatoms. The first-order valence-electron chi connectivity index (χ1n) is 6.79. The average molecular weight is 245 g/mol. The van der Waals surface area contributed by atoms with E-state index in [9.17, 15) is 0 Å². The van der Waals surface area contributed by atoms with Crippen molar-refractivity contribution in [3.63, 3.8) is 0 Å². The number of rotatable bonds is 1. The van der Waals surface area contributed by atoms with Gasteiger partial charge in [0.1, 0.15) is 0 Å². The number of hydrogen-bond acceptors (Lipinski definition) is 1. The van der Waals surface area contributed by atoms with Crippen molar-refractivity contribution in [2.45, 2.75) is 18.3 Å². The van der Waals surface area contributed by atoms with Gasteiger partial charge in [-0.05, 0) is 30.0 Å². The Kier molecular flexibility index (Phi) is 2.22. The Morgan fingerprint density at radius 2 is 1.47 bits per heavy atom. The molecule has 0 unspecified atom stereocenters. The molecule has 1 aliphatic heterocycles. The molecule has 0 amide bonds. The molecule has 0 saturated carbocycles. The summed E-state index contributed by atoms with van der Waals surface area (Å²) < 4.78 is 0. The van der Waals surface area contributed by atoms with Crippen molar-refractivity contribution in [3.8, 4) is 0 Å². The summed E-state index contributed by atoms with van der Waals surface area (Å²) in [5.41, 5.74) is 5.10. The minimum Gasteiger partial charge on any atom is -0.252 e. The van der Waals surface area contributed by atoms with E-state index in [1.165, 1.54) is 16.8 Å². The van der Waals surface area contributed by atoms with Gasteiger partial charge in [-0.1, -0.05) is 60.7 Å². The van der Waals surface area contributed by atoms with Crippen LogP contribution < -0.4 is 0 Å². The molecule has 1 nitrogen and oxygen atoms in total. The van der Waals surface area contributed by atoms with Crippen molar-refractivity contribution < 1.29 is 0 Å². The maximum Gasteiger partial charge on any atom is 0.0675 e. The van der Waals surface area contributed by atoms with Gasteiger partial charge in [0, 0.05) is 5.41 Å². The maximum absolute atomic E-state index is 4.93. The zero-order valence-electron chi connectivity index (χ0n) is 10.7. The van der Waals surface area contributed by atoms with Gasteiger partial charge in [-0.15, -0.1) is 0 Å². The van der Waals surface area contributed by atoms with E-state index < -0.39 is 0 Å². The standard InChI is InChI=1S/C18H15N/c1-2-8-14(9-3-1)17-18(12-6-7-13-18)15-10-4-5-11-16(15)19-17/h1-11H,12-13H2. The quantitative estimate of drug-likeness (QED) is 0.660. The molecular weight excluding hydrogens is 230 g/mol. The Morgan fingerprint density at radius 1 is 0.789 bits per heavy atom. The molecule has 4 rings (SSSR count). The molecule has 0 N–H and O–H groups in total. The molecular formula is C18H15N. The van der Waals surface area contributed by atoms with Gasteiger partial charge in [0.25, 0.3) is 0 Å². The van der Waals surface area contributed by atoms with Gasteiger partial charge in [0.05, 0.1) is 11.4 Å². The average Bonchev–Trinajstić information content (AvgIpc) is 3.08. The molecule has 0 radical (unpaired) electrons. The highest BCUT2D eigenvalue weighted by molar-refractivity contribution is 6.13. The van der Waals surface area contributed by atoms with Crippen molar-refractivity contribution in [2.24, 2.45) is 4.99 Å². The minimum atomic E-state index is 0.0813. The fraction of sp³-hybridized carbons (Fsp3) is 0.167. The van der Waals surface area contributed by atoms with E-state index >= 15 is 0 Å². The second-order valence-electron chi connectivity index (χ2n) is 5.31. The van der Waals surface area contributed by atoms with Gasteiger partial charge < -0.3 is 0 Å². The van der Waals surface area contributed by atoms with Crippen LogP contribution in [0, 0.1) is 0 Å². The highest BCUT2D eigenvalue weighted by Crippen LogP contribution is 2.49. The summed E-state index contributed by atoms with van der Waals surface area (Å²) in [4.78, 5) is 4.93. The van der Waals surface area contributed by atoms with Crippen LogP contribution in [0.5, 0.6) is 0 Å². The molecule has 0 bridgehead atoms. The Labute approximate surface area is 113 Å². The van der Waals surface area contributed by atoms with Gasteiger partial charge in [-0.3, -0.25) is 4.99 Å². The molecule has 1 heterocycles. The minimum absolute atomic E-state index is 0.0813. The van der Waals surface area contributed by atoms with E-state index in [-0.39, 0.29) is 5.41 Å². The summed E-state index contributed by atoms with van der Waals surface area (Å²) in [6.45, 7) is 0. The molecule has 19 heavy (non-hydrogen) atoms. The fourth-order valence-electron chi connectivity index (χ4n) is 3.33. The first-order chi connectivity index (χ1) is 9.40. The molecule has 2 aromatic carbocycles. The van der Waals surface area contributed by atoms with Crippen LogP contribution in [0.15, 0.2) is 71.7 Å². The number of allylic oxidation sites excluding steroid dienone is 2. The van der Waals surface area contributed by atoms with Crippen LogP contribution in [0.3, 0.4) is 0 Å². The number of hydrogen-bond donors (Lipinski definition) is 0. The Morgan fingerprint density at radius 3 is 2.26 bits per heavy atom. The Hall–Kier alpha value is -2.15. The lowest BCUT2D eigenvalue weighted by Gasteiger charge is -2.27. The number of para-hydroxylation sites is 1. The molecule has 1 spiro atoms. The highest BCUT2D eigenvalue weighted by Gasteiger charge is 2.43. The van der Waals surface area contributed by atoms with Crippen molar-refractivity contribution in [2.75, 3.05) is 0 Å². The third-order valence-electron chi connectivity index (χ3n) is 4.25. The third kappa shape index (κ3) is 1.45. The normalized spacial score (nSPS) is 18.6. The van der Waals surface area contributed by atoms with Crippen molar-refractivity contribution in [3.05, 3.63) is 77.9 Å². The first-order valence-corrected chi connectivity index (χ1v) is 6.79. The largest absolute Gasteiger partial charge is 0.252 e. The molecule has 1 aliphatic carbocycles. The van der Waals surface area contributed by atoms with Crippen LogP contribution >= 0.6 is 0 Å². The molecule has 0 atom stereocenters. The number of aliphatic imine (C=N–C) groups is 1. The molecule has 0 fully saturated rings. The summed E-state index contributed by atoms with van der Waals surface area (Å²) in [5.74, 6) is 0. The zero-order chi connectivity index (χ0) is 12.7. The zero-order valence-corrected chi connectivity index (χ0v) is 10.7. The van der Waals surface area contributed by atoms with E-state index in [0.717, 1.165) is 18.5 Å². The predicted octanol–water partition coefficient (Wildman–Crippen LogP) is 4.41. The van der Waals surface area contributed by atoms with Crippen molar-refractivity contribution in [1.29, 1.82) is 0 Å². The van der Waals surface area contributed by atoms with Crippen LogP contribution in [0.2, 0.25) is 0 Å². The SMILES string of the molecule is C1=CCC2(C1)C(c1ccccc1)=Nc1ccccc12. The van der Waals surface area contributed by atoms with E-state index in [0.29, 0.717) is 0 Å². The van der Waals surface area contributed by atoms with E-state index in [1.54, 1.807) is 0 Å². The van der Waals surface area contributed by atoms with Gasteiger partial charge in [0.15, 0.2) is 0 Å². The fourth-order valence-corrected chi connectivity index (χ4v) is 3.33. The van der Waals surface area contributed by atoms with Gasteiger partial charge in [-0.25, -0.2) is 0 Å². The molecule has 0 saturated heterocycles. The lowest BCUT2D eigenvalue weighted by Crippen LogP contribution is -2.30. The van der Waals surface area contributed by atoms with Crippen LogP contribution in [0.4, 0.5) is 5.69 Å². The summed E-state index contributed by atoms with van der Waals surface area (Å²) in [7, 11) is 0. The van der Waals surface area contributed by atoms with Crippen LogP contribution in [0.25, 0.3) is 0 Å². The summed E-state index contributed by atoms with van der Waals surface area (Å²) in [6, 6.07) is 19.2. The molecule has 2 aromatic rings. The number of benzene rings is 2. The summed E-state index contributed by atoms with van der Waals surface area (Å²) >= 11 is 0. The smallest absolute Gasteiger partial charge is 0.0675 e. The van der Waals surface area contributed by atoms with Crippen LogP contribution in [-0.4, -0.2) is 5.71 Å². The van der Waals surface area contributed by atoms with Crippen molar-refractivity contribution in [1.82, 2.24) is 0 Å². The Bertz CT molecular complexity index is 672. The van der Waals surface area contributed by atoms with E-state index in [2.05, 4.69) is 66.7 Å². The highest BCUT2D eigenvalue weighted by atomic mass is 14.8. The monoisotopic (exact) mass is 245 g/mol. The summed E-state index contributed by atoms with van der Waals surface area (Å²) in [5, 5.41) is 0. The van der Waals surface area contributed by atoms with Gasteiger partial charge in [0.2, 0.25) is 0 Å². The van der Waals surface area contributed by atoms with E-state index in [4.69, 9.17) is 4.99 Å². The lowest BCUT2D eigenvalue weighted by atomic mass is 9.73. The van der Waals surface area contributed by atoms with Gasteiger partial charge >= 0.3 is 0 Å². The molecule has 0 aromatic heterocycles. The topological polar surface area (TPSA) is 12.4 Å². The predicted molar refractivity (Wildman–Crippen MR) is 79.1 cm³/mol. The third-order valence-corrected chi connectivity index (χ3v) is 4.25. The second-order valence-corrected chi connectivity index (χ2v) is 5.31. The maximum atomic E-state index is 4.93. The van der Waals surface area contributed by atoms with Crippen molar-refractivity contribution >= 4 is 11.4 Å². The van der Waals surface area contributed by atoms with E-state index in [1.807, 2.05) is 0 Å². The van der Waals surface area contributed by atoms with Gasteiger partial charge in [-0.2, -0.15) is 0 Å². The molecule has 2 aliphatic rings. The number of nitrogens with zero attached hydrogens (tertiary/aromatic N) is 1. The lowest BCUT2D eigenvalue weighted by molar-refractivity contribution is 0.639. The molecule has 92 valence electrons. The van der Waals surface area contributed by atoms with Crippen LogP contribution in [0.1, 0.15) is 24.0 Å². The van der Waals surface area contributed by atoms with Crippen LogP contribution in [-0.2, 0) is 5.41 Å². The second kappa shape index (κ2) is 3.92. The number of fused-ring (bicyclic) bond motifs is 2. The Balaban J connectivity index is 1.93.